The number of aliphatic hydroxyl groups is 1. The molecule has 0 heterocycles. The number of hydrogen-bond donors (Lipinski definition) is 3. The lowest BCUT2D eigenvalue weighted by atomic mass is 10.3. The van der Waals surface area contributed by atoms with Crippen LogP contribution in [-0.4, -0.2) is 51.0 Å². The summed E-state index contributed by atoms with van der Waals surface area (Å²) < 4.78 is 9.84. The van der Waals surface area contributed by atoms with E-state index in [1.165, 1.54) is 7.11 Å². The van der Waals surface area contributed by atoms with E-state index in [1.807, 2.05) is 0 Å². The van der Waals surface area contributed by atoms with E-state index in [2.05, 4.69) is 10.6 Å². The van der Waals surface area contributed by atoms with Crippen molar-refractivity contribution < 1.29 is 19.4 Å². The fourth-order valence-electron chi connectivity index (χ4n) is 1.51. The molecule has 0 aromatic heterocycles. The third-order valence-electron chi connectivity index (χ3n) is 2.38. The third kappa shape index (κ3) is 6.19. The Labute approximate surface area is 112 Å². The number of ether oxygens (including phenoxy) is 2. The Morgan fingerprint density at radius 3 is 2.89 bits per heavy atom. The fourth-order valence-corrected chi connectivity index (χ4v) is 1.51. The van der Waals surface area contributed by atoms with Gasteiger partial charge < -0.3 is 25.2 Å². The number of anilines is 1. The van der Waals surface area contributed by atoms with Gasteiger partial charge in [0, 0.05) is 25.4 Å². The summed E-state index contributed by atoms with van der Waals surface area (Å²) in [6.45, 7) is 0.669. The van der Waals surface area contributed by atoms with Crippen LogP contribution in [0.3, 0.4) is 0 Å². The van der Waals surface area contributed by atoms with Crippen molar-refractivity contribution in [3.63, 3.8) is 0 Å². The highest BCUT2D eigenvalue weighted by Crippen LogP contribution is 2.16. The van der Waals surface area contributed by atoms with Gasteiger partial charge in [-0.15, -0.1) is 0 Å². The molecule has 0 saturated heterocycles. The van der Waals surface area contributed by atoms with E-state index in [1.54, 1.807) is 31.4 Å². The van der Waals surface area contributed by atoms with Crippen LogP contribution in [-0.2, 0) is 9.53 Å². The largest absolute Gasteiger partial charge is 0.497 e. The number of hydrogen-bond acceptors (Lipinski definition) is 5. The molecule has 0 aliphatic heterocycles. The molecule has 1 rings (SSSR count). The molecule has 3 N–H and O–H groups in total. The van der Waals surface area contributed by atoms with Crippen LogP contribution in [0, 0.1) is 0 Å². The molecule has 0 radical (unpaired) electrons. The topological polar surface area (TPSA) is 79.8 Å². The summed E-state index contributed by atoms with van der Waals surface area (Å²) in [5, 5.41) is 15.0. The molecule has 106 valence electrons. The van der Waals surface area contributed by atoms with Gasteiger partial charge in [0.05, 0.1) is 26.4 Å². The average molecular weight is 268 g/mol. The highest BCUT2D eigenvalue weighted by molar-refractivity contribution is 5.92. The van der Waals surface area contributed by atoms with Crippen molar-refractivity contribution in [1.29, 1.82) is 0 Å². The zero-order valence-corrected chi connectivity index (χ0v) is 11.2. The average Bonchev–Trinajstić information content (AvgIpc) is 2.39. The number of methoxy groups -OCH3 is 2. The van der Waals surface area contributed by atoms with Gasteiger partial charge in [0.2, 0.25) is 5.91 Å². The van der Waals surface area contributed by atoms with Crippen molar-refractivity contribution in [1.82, 2.24) is 5.32 Å². The minimum Gasteiger partial charge on any atom is -0.497 e. The monoisotopic (exact) mass is 268 g/mol. The van der Waals surface area contributed by atoms with Crippen molar-refractivity contribution in [2.75, 3.05) is 39.2 Å². The molecular formula is C13H20N2O4. The van der Waals surface area contributed by atoms with Gasteiger partial charge in [0.1, 0.15) is 5.75 Å². The van der Waals surface area contributed by atoms with Crippen molar-refractivity contribution in [3.8, 4) is 5.75 Å². The summed E-state index contributed by atoms with van der Waals surface area (Å²) in [4.78, 5) is 11.6. The first-order valence-corrected chi connectivity index (χ1v) is 5.97. The van der Waals surface area contributed by atoms with E-state index < -0.39 is 6.10 Å². The van der Waals surface area contributed by atoms with Crippen LogP contribution in [0.15, 0.2) is 24.3 Å². The van der Waals surface area contributed by atoms with E-state index in [4.69, 9.17) is 9.47 Å². The quantitative estimate of drug-likeness (QED) is 0.629. The van der Waals surface area contributed by atoms with Crippen molar-refractivity contribution in [3.05, 3.63) is 24.3 Å². The number of amides is 1. The standard InChI is InChI=1S/C13H20N2O4/c1-18-9-11(16)7-14-8-13(17)15-10-4-3-5-12(6-10)19-2/h3-6,11,14,16H,7-9H2,1-2H3,(H,15,17). The predicted octanol–water partition coefficient (Wildman–Crippen LogP) is 0.231. The number of aliphatic hydroxyl groups excluding tert-OH is 1. The Hall–Kier alpha value is -1.63. The first-order chi connectivity index (χ1) is 9.15. The van der Waals surface area contributed by atoms with Gasteiger partial charge in [-0.1, -0.05) is 6.07 Å². The van der Waals surface area contributed by atoms with Crippen LogP contribution in [0.1, 0.15) is 0 Å². The normalized spacial score (nSPS) is 11.9. The maximum atomic E-state index is 11.6. The molecule has 1 aromatic carbocycles. The Kier molecular flexibility index (Phi) is 6.88. The maximum Gasteiger partial charge on any atom is 0.238 e. The second-order valence-corrected chi connectivity index (χ2v) is 4.02. The molecule has 0 bridgehead atoms. The van der Waals surface area contributed by atoms with Gasteiger partial charge in [0.25, 0.3) is 0 Å². The van der Waals surface area contributed by atoms with Gasteiger partial charge in [-0.05, 0) is 12.1 Å². The van der Waals surface area contributed by atoms with Crippen LogP contribution in [0.4, 0.5) is 5.69 Å². The summed E-state index contributed by atoms with van der Waals surface area (Å²) >= 11 is 0. The van der Waals surface area contributed by atoms with E-state index in [0.29, 0.717) is 18.0 Å². The number of rotatable bonds is 8. The number of nitrogens with one attached hydrogen (secondary N) is 2. The molecule has 1 amide bonds. The first kappa shape index (κ1) is 15.4. The Morgan fingerprint density at radius 2 is 2.21 bits per heavy atom. The molecular weight excluding hydrogens is 248 g/mol. The van der Waals surface area contributed by atoms with Crippen LogP contribution in [0.2, 0.25) is 0 Å². The molecule has 0 spiro atoms. The van der Waals surface area contributed by atoms with Gasteiger partial charge in [-0.25, -0.2) is 0 Å². The third-order valence-corrected chi connectivity index (χ3v) is 2.38. The lowest BCUT2D eigenvalue weighted by Crippen LogP contribution is -2.35. The Bertz CT molecular complexity index is 398. The summed E-state index contributed by atoms with van der Waals surface area (Å²) in [6.07, 6.45) is -0.616. The number of carbonyl (C=O) groups excluding carboxylic acids is 1. The number of benzene rings is 1. The molecule has 1 unspecified atom stereocenters. The predicted molar refractivity (Wildman–Crippen MR) is 72.4 cm³/mol. The second kappa shape index (κ2) is 8.47. The minimum absolute atomic E-state index is 0.123. The summed E-state index contributed by atoms with van der Waals surface area (Å²) in [5.74, 6) is 0.499. The SMILES string of the molecule is COCC(O)CNCC(=O)Nc1cccc(OC)c1. The highest BCUT2D eigenvalue weighted by Gasteiger charge is 2.06. The zero-order chi connectivity index (χ0) is 14.1. The molecule has 1 aromatic rings. The molecule has 6 nitrogen and oxygen atoms in total. The van der Waals surface area contributed by atoms with Crippen LogP contribution >= 0.6 is 0 Å². The molecule has 0 aliphatic rings. The Morgan fingerprint density at radius 1 is 1.42 bits per heavy atom. The van der Waals surface area contributed by atoms with Crippen LogP contribution in [0.5, 0.6) is 5.75 Å². The molecule has 0 saturated carbocycles. The summed E-state index contributed by atoms with van der Waals surface area (Å²) in [5.41, 5.74) is 0.670. The van der Waals surface area contributed by atoms with E-state index in [0.717, 1.165) is 0 Å². The van der Waals surface area contributed by atoms with E-state index in [-0.39, 0.29) is 19.1 Å². The van der Waals surface area contributed by atoms with Crippen LogP contribution in [0.25, 0.3) is 0 Å². The summed E-state index contributed by atoms with van der Waals surface area (Å²) in [6, 6.07) is 7.11. The smallest absolute Gasteiger partial charge is 0.238 e. The van der Waals surface area contributed by atoms with Gasteiger partial charge in [-0.3, -0.25) is 4.79 Å². The molecule has 6 heteroatoms. The van der Waals surface area contributed by atoms with Gasteiger partial charge in [-0.2, -0.15) is 0 Å². The molecule has 1 atom stereocenters. The second-order valence-electron chi connectivity index (χ2n) is 4.02. The zero-order valence-electron chi connectivity index (χ0n) is 11.2. The fraction of sp³-hybridized carbons (Fsp3) is 0.462. The lowest BCUT2D eigenvalue weighted by molar-refractivity contribution is -0.115. The van der Waals surface area contributed by atoms with Gasteiger partial charge in [0.15, 0.2) is 0 Å². The van der Waals surface area contributed by atoms with Crippen molar-refractivity contribution in [2.45, 2.75) is 6.10 Å². The van der Waals surface area contributed by atoms with Crippen molar-refractivity contribution in [2.24, 2.45) is 0 Å². The molecule has 19 heavy (non-hydrogen) atoms. The summed E-state index contributed by atoms with van der Waals surface area (Å²) in [7, 11) is 3.08. The van der Waals surface area contributed by atoms with Crippen LogP contribution < -0.4 is 15.4 Å². The maximum absolute atomic E-state index is 11.6. The lowest BCUT2D eigenvalue weighted by Gasteiger charge is -2.11. The highest BCUT2D eigenvalue weighted by atomic mass is 16.5. The van der Waals surface area contributed by atoms with E-state index in [9.17, 15) is 9.90 Å². The molecule has 0 fully saturated rings. The van der Waals surface area contributed by atoms with Crippen molar-refractivity contribution >= 4 is 11.6 Å². The number of carbonyl (C=O) groups is 1. The Balaban J connectivity index is 2.30. The van der Waals surface area contributed by atoms with E-state index >= 15 is 0 Å². The molecule has 0 aliphatic carbocycles. The van der Waals surface area contributed by atoms with Gasteiger partial charge >= 0.3 is 0 Å². The first-order valence-electron chi connectivity index (χ1n) is 5.97. The minimum atomic E-state index is -0.616.